The van der Waals surface area contributed by atoms with E-state index in [-0.39, 0.29) is 24.8 Å². The van der Waals surface area contributed by atoms with E-state index >= 15 is 0 Å². The molecule has 2 N–H and O–H groups in total. The SMILES string of the molecule is CC1NCCNC1c1cc(Cl)nc(Br)c1.Cl.Cl. The van der Waals surface area contributed by atoms with Crippen LogP contribution in [0.5, 0.6) is 0 Å². The van der Waals surface area contributed by atoms with Crippen LogP contribution in [0.1, 0.15) is 18.5 Å². The molecule has 2 rings (SSSR count). The maximum atomic E-state index is 5.93. The zero-order valence-electron chi connectivity index (χ0n) is 9.24. The third kappa shape index (κ3) is 4.54. The van der Waals surface area contributed by atoms with Crippen LogP contribution in [0.3, 0.4) is 0 Å². The molecule has 2 atom stereocenters. The number of hydrogen-bond donors (Lipinski definition) is 2. The van der Waals surface area contributed by atoms with Crippen molar-refractivity contribution in [2.75, 3.05) is 13.1 Å². The zero-order chi connectivity index (χ0) is 10.8. The maximum absolute atomic E-state index is 5.93. The van der Waals surface area contributed by atoms with Gasteiger partial charge in [0.1, 0.15) is 9.76 Å². The van der Waals surface area contributed by atoms with E-state index in [4.69, 9.17) is 11.6 Å². The number of hydrogen-bond acceptors (Lipinski definition) is 3. The molecule has 1 fully saturated rings. The molecule has 1 aliphatic rings. The predicted octanol–water partition coefficient (Wildman–Crippen LogP) is 2.96. The molecule has 0 radical (unpaired) electrons. The molecular formula is C10H15BrCl3N3. The first kappa shape index (κ1) is 17.4. The van der Waals surface area contributed by atoms with Crippen LogP contribution in [0.25, 0.3) is 0 Å². The van der Waals surface area contributed by atoms with Gasteiger partial charge in [0.2, 0.25) is 0 Å². The van der Waals surface area contributed by atoms with E-state index in [2.05, 4.69) is 38.5 Å². The lowest BCUT2D eigenvalue weighted by atomic mass is 10.00. The van der Waals surface area contributed by atoms with Crippen LogP contribution >= 0.6 is 52.3 Å². The molecule has 0 amide bonds. The summed E-state index contributed by atoms with van der Waals surface area (Å²) >= 11 is 9.28. The summed E-state index contributed by atoms with van der Waals surface area (Å²) in [4.78, 5) is 4.09. The molecule has 98 valence electrons. The third-order valence-electron chi connectivity index (χ3n) is 2.60. The fourth-order valence-electron chi connectivity index (χ4n) is 1.89. The number of piperazine rings is 1. The fourth-order valence-corrected chi connectivity index (χ4v) is 2.67. The molecule has 7 heteroatoms. The Labute approximate surface area is 127 Å². The van der Waals surface area contributed by atoms with Crippen molar-refractivity contribution in [1.29, 1.82) is 0 Å². The highest BCUT2D eigenvalue weighted by Crippen LogP contribution is 2.24. The molecule has 2 heterocycles. The van der Waals surface area contributed by atoms with Gasteiger partial charge >= 0.3 is 0 Å². The van der Waals surface area contributed by atoms with E-state index < -0.39 is 0 Å². The summed E-state index contributed by atoms with van der Waals surface area (Å²) in [6.45, 7) is 4.16. The molecule has 0 spiro atoms. The standard InChI is InChI=1S/C10H13BrClN3.2ClH/c1-6-10(14-3-2-13-6)7-4-8(11)15-9(12)5-7;;/h4-6,10,13-14H,2-3H2,1H3;2*1H. The van der Waals surface area contributed by atoms with Crippen molar-refractivity contribution in [3.05, 3.63) is 27.5 Å². The van der Waals surface area contributed by atoms with Crippen molar-refractivity contribution < 1.29 is 0 Å². The minimum Gasteiger partial charge on any atom is -0.311 e. The highest BCUT2D eigenvalue weighted by atomic mass is 79.9. The minimum atomic E-state index is 0. The molecule has 0 aliphatic carbocycles. The monoisotopic (exact) mass is 361 g/mol. The van der Waals surface area contributed by atoms with Crippen LogP contribution in [0.4, 0.5) is 0 Å². The summed E-state index contributed by atoms with van der Waals surface area (Å²) in [5.74, 6) is 0. The van der Waals surface area contributed by atoms with Crippen LogP contribution in [0.15, 0.2) is 16.7 Å². The summed E-state index contributed by atoms with van der Waals surface area (Å²) in [5.41, 5.74) is 1.17. The summed E-state index contributed by atoms with van der Waals surface area (Å²) in [6, 6.07) is 4.63. The smallest absolute Gasteiger partial charge is 0.130 e. The number of rotatable bonds is 1. The average Bonchev–Trinajstić information content (AvgIpc) is 2.16. The molecule has 3 nitrogen and oxygen atoms in total. The molecule has 1 aromatic heterocycles. The number of halogens is 4. The Morgan fingerprint density at radius 3 is 2.53 bits per heavy atom. The molecule has 0 saturated carbocycles. The molecule has 1 saturated heterocycles. The minimum absolute atomic E-state index is 0. The van der Waals surface area contributed by atoms with Gasteiger partial charge in [0, 0.05) is 25.2 Å². The van der Waals surface area contributed by atoms with Gasteiger partial charge in [0.25, 0.3) is 0 Å². The largest absolute Gasteiger partial charge is 0.311 e. The second-order valence-corrected chi connectivity index (χ2v) is 4.92. The van der Waals surface area contributed by atoms with Gasteiger partial charge in [-0.25, -0.2) is 4.98 Å². The van der Waals surface area contributed by atoms with Gasteiger partial charge in [-0.3, -0.25) is 0 Å². The molecule has 1 aromatic rings. The van der Waals surface area contributed by atoms with Crippen molar-refractivity contribution >= 4 is 52.3 Å². The highest BCUT2D eigenvalue weighted by molar-refractivity contribution is 9.10. The third-order valence-corrected chi connectivity index (χ3v) is 3.20. The van der Waals surface area contributed by atoms with E-state index in [1.807, 2.05) is 12.1 Å². The molecule has 17 heavy (non-hydrogen) atoms. The van der Waals surface area contributed by atoms with Crippen LogP contribution < -0.4 is 10.6 Å². The summed E-state index contributed by atoms with van der Waals surface area (Å²) < 4.78 is 0.782. The molecular weight excluding hydrogens is 348 g/mol. The van der Waals surface area contributed by atoms with Crippen molar-refractivity contribution in [3.8, 4) is 0 Å². The van der Waals surface area contributed by atoms with Gasteiger partial charge in [-0.05, 0) is 40.5 Å². The van der Waals surface area contributed by atoms with Crippen LogP contribution in [0, 0.1) is 0 Å². The lowest BCUT2D eigenvalue weighted by Gasteiger charge is -2.31. The second-order valence-electron chi connectivity index (χ2n) is 3.72. The Hall–Kier alpha value is 0.420. The Morgan fingerprint density at radius 1 is 1.29 bits per heavy atom. The summed E-state index contributed by atoms with van der Waals surface area (Å²) in [7, 11) is 0. The van der Waals surface area contributed by atoms with E-state index in [1.165, 1.54) is 5.56 Å². The van der Waals surface area contributed by atoms with Gasteiger partial charge in [-0.15, -0.1) is 24.8 Å². The number of pyridine rings is 1. The van der Waals surface area contributed by atoms with Gasteiger partial charge in [0.05, 0.1) is 0 Å². The topological polar surface area (TPSA) is 37.0 Å². The lowest BCUT2D eigenvalue weighted by Crippen LogP contribution is -2.49. The van der Waals surface area contributed by atoms with Crippen LogP contribution in [-0.2, 0) is 0 Å². The Balaban J connectivity index is 0.00000128. The first-order valence-corrected chi connectivity index (χ1v) is 6.13. The number of nitrogens with one attached hydrogen (secondary N) is 2. The van der Waals surface area contributed by atoms with Crippen molar-refractivity contribution in [1.82, 2.24) is 15.6 Å². The van der Waals surface area contributed by atoms with Crippen molar-refractivity contribution in [2.24, 2.45) is 0 Å². The number of aromatic nitrogens is 1. The zero-order valence-corrected chi connectivity index (χ0v) is 13.2. The van der Waals surface area contributed by atoms with Gasteiger partial charge in [-0.2, -0.15) is 0 Å². The predicted molar refractivity (Wildman–Crippen MR) is 79.7 cm³/mol. The molecule has 0 bridgehead atoms. The van der Waals surface area contributed by atoms with E-state index in [0.29, 0.717) is 17.2 Å². The fraction of sp³-hybridized carbons (Fsp3) is 0.500. The Morgan fingerprint density at radius 2 is 1.94 bits per heavy atom. The first-order chi connectivity index (χ1) is 7.16. The van der Waals surface area contributed by atoms with E-state index in [9.17, 15) is 0 Å². The van der Waals surface area contributed by atoms with Crippen molar-refractivity contribution in [2.45, 2.75) is 19.0 Å². The quantitative estimate of drug-likeness (QED) is 0.753. The Bertz CT molecular complexity index is 344. The average molecular weight is 364 g/mol. The Kier molecular flexibility index (Phi) is 7.96. The lowest BCUT2D eigenvalue weighted by molar-refractivity contribution is 0.345. The van der Waals surface area contributed by atoms with Gasteiger partial charge in [-0.1, -0.05) is 11.6 Å². The van der Waals surface area contributed by atoms with Gasteiger partial charge in [0.15, 0.2) is 0 Å². The first-order valence-electron chi connectivity index (χ1n) is 4.96. The van der Waals surface area contributed by atoms with Crippen molar-refractivity contribution in [3.63, 3.8) is 0 Å². The van der Waals surface area contributed by atoms with Gasteiger partial charge < -0.3 is 10.6 Å². The normalized spacial score (nSPS) is 23.5. The van der Waals surface area contributed by atoms with Crippen LogP contribution in [0.2, 0.25) is 5.15 Å². The molecule has 1 aliphatic heterocycles. The molecule has 0 aromatic carbocycles. The molecule has 2 unspecified atom stereocenters. The van der Waals surface area contributed by atoms with E-state index in [0.717, 1.165) is 17.7 Å². The summed E-state index contributed by atoms with van der Waals surface area (Å²) in [5, 5.41) is 7.42. The number of nitrogens with zero attached hydrogens (tertiary/aromatic N) is 1. The van der Waals surface area contributed by atoms with Crippen LogP contribution in [-0.4, -0.2) is 24.1 Å². The van der Waals surface area contributed by atoms with E-state index in [1.54, 1.807) is 0 Å². The highest BCUT2D eigenvalue weighted by Gasteiger charge is 2.22. The summed E-state index contributed by atoms with van der Waals surface area (Å²) in [6.07, 6.45) is 0. The second kappa shape index (κ2) is 7.77. The maximum Gasteiger partial charge on any atom is 0.130 e.